The SMILES string of the molecule is C=C(C)C(=O)OCCNc1cccc2ccccc12. The van der Waals surface area contributed by atoms with E-state index in [-0.39, 0.29) is 5.97 Å². The molecule has 0 aliphatic heterocycles. The molecule has 0 aliphatic rings. The topological polar surface area (TPSA) is 38.3 Å². The van der Waals surface area contributed by atoms with Crippen molar-refractivity contribution in [2.24, 2.45) is 0 Å². The van der Waals surface area contributed by atoms with Crippen LogP contribution >= 0.6 is 0 Å². The second-order valence-electron chi connectivity index (χ2n) is 4.37. The Morgan fingerprint density at radius 2 is 1.95 bits per heavy atom. The molecule has 0 saturated carbocycles. The zero-order valence-electron chi connectivity index (χ0n) is 11.0. The lowest BCUT2D eigenvalue weighted by atomic mass is 10.1. The molecule has 0 spiro atoms. The molecule has 0 atom stereocenters. The lowest BCUT2D eigenvalue weighted by molar-refractivity contribution is -0.138. The minimum atomic E-state index is -0.347. The van der Waals surface area contributed by atoms with Gasteiger partial charge in [-0.15, -0.1) is 0 Å². The quantitative estimate of drug-likeness (QED) is 0.505. The Bertz CT molecular complexity index is 599. The van der Waals surface area contributed by atoms with Crippen LogP contribution in [0.4, 0.5) is 5.69 Å². The third kappa shape index (κ3) is 3.35. The first-order valence-electron chi connectivity index (χ1n) is 6.23. The smallest absolute Gasteiger partial charge is 0.333 e. The van der Waals surface area contributed by atoms with Gasteiger partial charge in [0, 0.05) is 23.2 Å². The fraction of sp³-hybridized carbons (Fsp3) is 0.188. The lowest BCUT2D eigenvalue weighted by Gasteiger charge is -2.10. The predicted octanol–water partition coefficient (Wildman–Crippen LogP) is 3.37. The maximum atomic E-state index is 11.2. The number of anilines is 1. The molecule has 19 heavy (non-hydrogen) atoms. The van der Waals surface area contributed by atoms with Crippen LogP contribution in [0.15, 0.2) is 54.6 Å². The Balaban J connectivity index is 1.95. The van der Waals surface area contributed by atoms with Crippen molar-refractivity contribution in [3.63, 3.8) is 0 Å². The summed E-state index contributed by atoms with van der Waals surface area (Å²) < 4.78 is 5.04. The number of ether oxygens (including phenoxy) is 1. The van der Waals surface area contributed by atoms with E-state index in [1.54, 1.807) is 6.92 Å². The van der Waals surface area contributed by atoms with Crippen molar-refractivity contribution >= 4 is 22.4 Å². The third-order valence-electron chi connectivity index (χ3n) is 2.79. The normalized spacial score (nSPS) is 10.2. The van der Waals surface area contributed by atoms with Crippen LogP contribution in [0, 0.1) is 0 Å². The lowest BCUT2D eigenvalue weighted by Crippen LogP contribution is -2.14. The van der Waals surface area contributed by atoms with Gasteiger partial charge >= 0.3 is 5.97 Å². The predicted molar refractivity (Wildman–Crippen MR) is 78.2 cm³/mol. The highest BCUT2D eigenvalue weighted by Gasteiger charge is 2.03. The number of esters is 1. The number of carbonyl (C=O) groups is 1. The number of rotatable bonds is 5. The van der Waals surface area contributed by atoms with Crippen LogP contribution in [0.1, 0.15) is 6.92 Å². The van der Waals surface area contributed by atoms with Gasteiger partial charge in [0.05, 0.1) is 0 Å². The fourth-order valence-electron chi connectivity index (χ4n) is 1.83. The van der Waals surface area contributed by atoms with E-state index in [0.29, 0.717) is 18.7 Å². The number of carbonyl (C=O) groups excluding carboxylic acids is 1. The molecule has 0 radical (unpaired) electrons. The molecule has 2 aromatic carbocycles. The molecule has 0 bridgehead atoms. The molecule has 2 aromatic rings. The molecule has 1 N–H and O–H groups in total. The average molecular weight is 255 g/mol. The van der Waals surface area contributed by atoms with Gasteiger partial charge in [-0.2, -0.15) is 0 Å². The van der Waals surface area contributed by atoms with Crippen LogP contribution in [-0.2, 0) is 9.53 Å². The van der Waals surface area contributed by atoms with Crippen LogP contribution in [0.5, 0.6) is 0 Å². The number of fused-ring (bicyclic) bond motifs is 1. The van der Waals surface area contributed by atoms with E-state index in [4.69, 9.17) is 4.74 Å². The van der Waals surface area contributed by atoms with Gasteiger partial charge < -0.3 is 10.1 Å². The van der Waals surface area contributed by atoms with E-state index >= 15 is 0 Å². The maximum Gasteiger partial charge on any atom is 0.333 e. The monoisotopic (exact) mass is 255 g/mol. The van der Waals surface area contributed by atoms with E-state index in [0.717, 1.165) is 11.1 Å². The number of benzene rings is 2. The first-order chi connectivity index (χ1) is 9.18. The van der Waals surface area contributed by atoms with Gasteiger partial charge in [-0.25, -0.2) is 4.79 Å². The Kier molecular flexibility index (Phi) is 4.18. The van der Waals surface area contributed by atoms with Gasteiger partial charge in [-0.1, -0.05) is 43.0 Å². The fourth-order valence-corrected chi connectivity index (χ4v) is 1.83. The zero-order chi connectivity index (χ0) is 13.7. The van der Waals surface area contributed by atoms with E-state index < -0.39 is 0 Å². The standard InChI is InChI=1S/C16H17NO2/c1-12(2)16(18)19-11-10-17-15-9-5-7-13-6-3-4-8-14(13)15/h3-9,17H,1,10-11H2,2H3. The highest BCUT2D eigenvalue weighted by atomic mass is 16.5. The van der Waals surface area contributed by atoms with Crippen molar-refractivity contribution in [3.8, 4) is 0 Å². The maximum absolute atomic E-state index is 11.2. The van der Waals surface area contributed by atoms with Crippen LogP contribution in [0.2, 0.25) is 0 Å². The summed E-state index contributed by atoms with van der Waals surface area (Å²) in [5.74, 6) is -0.347. The van der Waals surface area contributed by atoms with Crippen molar-refractivity contribution < 1.29 is 9.53 Å². The van der Waals surface area contributed by atoms with Crippen molar-refractivity contribution in [3.05, 3.63) is 54.6 Å². The van der Waals surface area contributed by atoms with Crippen molar-refractivity contribution in [2.45, 2.75) is 6.92 Å². The minimum absolute atomic E-state index is 0.328. The highest BCUT2D eigenvalue weighted by Crippen LogP contribution is 2.22. The van der Waals surface area contributed by atoms with Crippen molar-refractivity contribution in [1.82, 2.24) is 0 Å². The number of nitrogens with one attached hydrogen (secondary N) is 1. The summed E-state index contributed by atoms with van der Waals surface area (Å²) in [6, 6.07) is 14.3. The van der Waals surface area contributed by atoms with Gasteiger partial charge in [0.2, 0.25) is 0 Å². The summed E-state index contributed by atoms with van der Waals surface area (Å²) in [7, 11) is 0. The Hall–Kier alpha value is -2.29. The van der Waals surface area contributed by atoms with Gasteiger partial charge in [0.25, 0.3) is 0 Å². The average Bonchev–Trinajstić information content (AvgIpc) is 2.43. The molecule has 0 unspecified atom stereocenters. The second-order valence-corrected chi connectivity index (χ2v) is 4.37. The molecule has 0 fully saturated rings. The first-order valence-corrected chi connectivity index (χ1v) is 6.23. The summed E-state index contributed by atoms with van der Waals surface area (Å²) in [5, 5.41) is 5.62. The molecule has 0 aromatic heterocycles. The molecule has 0 amide bonds. The molecule has 0 saturated heterocycles. The number of hydrogen-bond acceptors (Lipinski definition) is 3. The van der Waals surface area contributed by atoms with E-state index in [1.807, 2.05) is 24.3 Å². The van der Waals surface area contributed by atoms with Gasteiger partial charge in [0.1, 0.15) is 6.61 Å². The second kappa shape index (κ2) is 6.05. The molecule has 2 rings (SSSR count). The molecule has 0 heterocycles. The molecular weight excluding hydrogens is 238 g/mol. The van der Waals surface area contributed by atoms with E-state index in [9.17, 15) is 4.79 Å². The molecular formula is C16H17NO2. The van der Waals surface area contributed by atoms with E-state index in [2.05, 4.69) is 30.1 Å². The molecule has 3 nitrogen and oxygen atoms in total. The minimum Gasteiger partial charge on any atom is -0.460 e. The Labute approximate surface area is 112 Å². The summed E-state index contributed by atoms with van der Waals surface area (Å²) in [6.07, 6.45) is 0. The highest BCUT2D eigenvalue weighted by molar-refractivity contribution is 5.93. The molecule has 0 aliphatic carbocycles. The van der Waals surface area contributed by atoms with Gasteiger partial charge in [-0.05, 0) is 18.4 Å². The molecule has 3 heteroatoms. The van der Waals surface area contributed by atoms with Crippen LogP contribution in [0.25, 0.3) is 10.8 Å². The zero-order valence-corrected chi connectivity index (χ0v) is 11.0. The van der Waals surface area contributed by atoms with Crippen LogP contribution in [0.3, 0.4) is 0 Å². The third-order valence-corrected chi connectivity index (χ3v) is 2.79. The van der Waals surface area contributed by atoms with Crippen molar-refractivity contribution in [2.75, 3.05) is 18.5 Å². The van der Waals surface area contributed by atoms with Crippen LogP contribution in [-0.4, -0.2) is 19.1 Å². The van der Waals surface area contributed by atoms with Crippen molar-refractivity contribution in [1.29, 1.82) is 0 Å². The Morgan fingerprint density at radius 1 is 1.21 bits per heavy atom. The van der Waals surface area contributed by atoms with Gasteiger partial charge in [0.15, 0.2) is 0 Å². The van der Waals surface area contributed by atoms with Gasteiger partial charge in [-0.3, -0.25) is 0 Å². The summed E-state index contributed by atoms with van der Waals surface area (Å²) in [4.78, 5) is 11.2. The first kappa shape index (κ1) is 13.1. The summed E-state index contributed by atoms with van der Waals surface area (Å²) >= 11 is 0. The molecule has 98 valence electrons. The summed E-state index contributed by atoms with van der Waals surface area (Å²) in [5.41, 5.74) is 1.47. The number of hydrogen-bond donors (Lipinski definition) is 1. The van der Waals surface area contributed by atoms with E-state index in [1.165, 1.54) is 5.39 Å². The summed E-state index contributed by atoms with van der Waals surface area (Å²) in [6.45, 7) is 6.08. The largest absolute Gasteiger partial charge is 0.460 e. The Morgan fingerprint density at radius 3 is 2.74 bits per heavy atom. The van der Waals surface area contributed by atoms with Crippen LogP contribution < -0.4 is 5.32 Å².